The molecule has 0 aliphatic carbocycles. The van der Waals surface area contributed by atoms with E-state index in [0.717, 1.165) is 0 Å². The zero-order valence-electron chi connectivity index (χ0n) is 4.19. The van der Waals surface area contributed by atoms with Gasteiger partial charge in [-0.2, -0.15) is 0 Å². The van der Waals surface area contributed by atoms with Gasteiger partial charge in [0.25, 0.3) is 5.24 Å². The van der Waals surface area contributed by atoms with Crippen molar-refractivity contribution in [1.29, 1.82) is 0 Å². The number of rotatable bonds is 1. The summed E-state index contributed by atoms with van der Waals surface area (Å²) in [5.41, 5.74) is 0. The van der Waals surface area contributed by atoms with E-state index in [4.69, 9.17) is 16.3 Å². The smallest absolute Gasteiger partial charge is 0.265 e. The molecule has 0 aromatic carbocycles. The third-order valence-corrected chi connectivity index (χ3v) is 1.12. The molecule has 8 heavy (non-hydrogen) atoms. The van der Waals surface area contributed by atoms with Crippen LogP contribution in [0.4, 0.5) is 0 Å². The normalized spacial score (nSPS) is 28.4. The van der Waals surface area contributed by atoms with Crippen LogP contribution in [0.3, 0.4) is 0 Å². The lowest BCUT2D eigenvalue weighted by atomic mass is 10.6. The molecule has 1 aliphatic heterocycles. The molecule has 1 rings (SSSR count). The minimum Gasteiger partial charge on any atom is -0.353 e. The third-order valence-electron chi connectivity index (χ3n) is 0.922. The molecule has 1 heterocycles. The molecule has 0 saturated carbocycles. The fourth-order valence-electron chi connectivity index (χ4n) is 0.571. The summed E-state index contributed by atoms with van der Waals surface area (Å²) in [6.07, 6.45) is -0.559. The van der Waals surface area contributed by atoms with Crippen LogP contribution in [-0.4, -0.2) is 24.6 Å². The first-order valence-corrected chi connectivity index (χ1v) is 2.73. The average Bonchev–Trinajstić information content (AvgIpc) is 2.12. The fourth-order valence-corrected chi connectivity index (χ4v) is 0.712. The Kier molecular flexibility index (Phi) is 1.83. The van der Waals surface area contributed by atoms with E-state index in [9.17, 15) is 4.79 Å². The number of nitrogens with one attached hydrogen (secondary N) is 1. The lowest BCUT2D eigenvalue weighted by molar-refractivity contribution is -0.120. The van der Waals surface area contributed by atoms with E-state index < -0.39 is 11.5 Å². The van der Waals surface area contributed by atoms with Crippen LogP contribution in [0, 0.1) is 0 Å². The van der Waals surface area contributed by atoms with Gasteiger partial charge in [0.1, 0.15) is 0 Å². The molecule has 1 saturated heterocycles. The van der Waals surface area contributed by atoms with Crippen molar-refractivity contribution in [3.63, 3.8) is 0 Å². The van der Waals surface area contributed by atoms with Crippen LogP contribution >= 0.6 is 11.6 Å². The Balaban J connectivity index is 2.35. The predicted molar refractivity (Wildman–Crippen MR) is 28.6 cm³/mol. The van der Waals surface area contributed by atoms with Gasteiger partial charge in [0, 0.05) is 6.54 Å². The molecular weight excluding hydrogens is 130 g/mol. The highest BCUT2D eigenvalue weighted by atomic mass is 35.5. The molecule has 0 aromatic rings. The van der Waals surface area contributed by atoms with Crippen molar-refractivity contribution in [2.75, 3.05) is 13.2 Å². The SMILES string of the molecule is O=C(Cl)C1NCCO1. The Bertz CT molecular complexity index is 100. The molecule has 0 spiro atoms. The quantitative estimate of drug-likeness (QED) is 0.502. The van der Waals surface area contributed by atoms with E-state index in [-0.39, 0.29) is 0 Å². The second-order valence-electron chi connectivity index (χ2n) is 1.51. The van der Waals surface area contributed by atoms with Gasteiger partial charge in [0.2, 0.25) is 0 Å². The Labute approximate surface area is 52.0 Å². The molecule has 1 aliphatic rings. The van der Waals surface area contributed by atoms with Crippen molar-refractivity contribution in [3.8, 4) is 0 Å². The predicted octanol–water partition coefficient (Wildman–Crippen LogP) is -0.302. The lowest BCUT2D eigenvalue weighted by Gasteiger charge is -1.99. The molecule has 1 fully saturated rings. The van der Waals surface area contributed by atoms with Crippen LogP contribution < -0.4 is 5.32 Å². The summed E-state index contributed by atoms with van der Waals surface area (Å²) in [6.45, 7) is 1.28. The van der Waals surface area contributed by atoms with Crippen molar-refractivity contribution in [2.24, 2.45) is 0 Å². The summed E-state index contributed by atoms with van der Waals surface area (Å²) < 4.78 is 4.82. The second-order valence-corrected chi connectivity index (χ2v) is 1.88. The van der Waals surface area contributed by atoms with Gasteiger partial charge >= 0.3 is 0 Å². The molecule has 0 bridgehead atoms. The van der Waals surface area contributed by atoms with Crippen LogP contribution in [0.5, 0.6) is 0 Å². The van der Waals surface area contributed by atoms with Crippen LogP contribution in [0.15, 0.2) is 0 Å². The van der Waals surface area contributed by atoms with Gasteiger partial charge in [-0.05, 0) is 11.6 Å². The Hall–Kier alpha value is -0.120. The first kappa shape index (κ1) is 6.01. The number of carbonyl (C=O) groups is 1. The maximum Gasteiger partial charge on any atom is 0.265 e. The Morgan fingerprint density at radius 3 is 2.88 bits per heavy atom. The minimum atomic E-state index is -0.559. The summed E-state index contributed by atoms with van der Waals surface area (Å²) in [5, 5.41) is 2.28. The molecule has 1 atom stereocenters. The first-order chi connectivity index (χ1) is 3.80. The maximum absolute atomic E-state index is 10.2. The van der Waals surface area contributed by atoms with Gasteiger partial charge in [-0.15, -0.1) is 0 Å². The molecule has 1 unspecified atom stereocenters. The van der Waals surface area contributed by atoms with Crippen molar-refractivity contribution >= 4 is 16.8 Å². The Morgan fingerprint density at radius 2 is 2.62 bits per heavy atom. The molecule has 46 valence electrons. The molecule has 0 radical (unpaired) electrons. The molecular formula is C4H6ClNO2. The number of hydrogen-bond donors (Lipinski definition) is 1. The van der Waals surface area contributed by atoms with E-state index in [1.807, 2.05) is 0 Å². The van der Waals surface area contributed by atoms with E-state index in [0.29, 0.717) is 13.2 Å². The highest BCUT2D eigenvalue weighted by Crippen LogP contribution is 1.98. The largest absolute Gasteiger partial charge is 0.353 e. The topological polar surface area (TPSA) is 38.3 Å². The van der Waals surface area contributed by atoms with Gasteiger partial charge in [0.15, 0.2) is 6.23 Å². The zero-order chi connectivity index (χ0) is 5.98. The second kappa shape index (κ2) is 2.44. The highest BCUT2D eigenvalue weighted by Gasteiger charge is 2.19. The van der Waals surface area contributed by atoms with Crippen LogP contribution in [0.1, 0.15) is 0 Å². The van der Waals surface area contributed by atoms with E-state index in [2.05, 4.69) is 5.32 Å². The van der Waals surface area contributed by atoms with Crippen LogP contribution in [0.25, 0.3) is 0 Å². The van der Waals surface area contributed by atoms with Crippen molar-refractivity contribution in [2.45, 2.75) is 6.23 Å². The number of carbonyl (C=O) groups excluding carboxylic acids is 1. The summed E-state index contributed by atoms with van der Waals surface area (Å²) in [4.78, 5) is 10.2. The van der Waals surface area contributed by atoms with Gasteiger partial charge in [-0.3, -0.25) is 10.1 Å². The maximum atomic E-state index is 10.2. The van der Waals surface area contributed by atoms with E-state index in [1.165, 1.54) is 0 Å². The van der Waals surface area contributed by atoms with Gasteiger partial charge in [0.05, 0.1) is 6.61 Å². The van der Waals surface area contributed by atoms with Crippen molar-refractivity contribution in [1.82, 2.24) is 5.32 Å². The van der Waals surface area contributed by atoms with Crippen LogP contribution in [0.2, 0.25) is 0 Å². The van der Waals surface area contributed by atoms with E-state index in [1.54, 1.807) is 0 Å². The monoisotopic (exact) mass is 135 g/mol. The average molecular weight is 136 g/mol. The summed E-state index contributed by atoms with van der Waals surface area (Å²) in [6, 6.07) is 0. The van der Waals surface area contributed by atoms with Crippen molar-refractivity contribution in [3.05, 3.63) is 0 Å². The van der Waals surface area contributed by atoms with Gasteiger partial charge < -0.3 is 4.74 Å². The van der Waals surface area contributed by atoms with Gasteiger partial charge in [-0.1, -0.05) is 0 Å². The zero-order valence-corrected chi connectivity index (χ0v) is 4.94. The van der Waals surface area contributed by atoms with Gasteiger partial charge in [-0.25, -0.2) is 0 Å². The lowest BCUT2D eigenvalue weighted by Crippen LogP contribution is -2.28. The summed E-state index contributed by atoms with van der Waals surface area (Å²) in [5.74, 6) is 0. The molecule has 1 N–H and O–H groups in total. The number of halogens is 1. The number of hydrogen-bond acceptors (Lipinski definition) is 3. The Morgan fingerprint density at radius 1 is 1.88 bits per heavy atom. The molecule has 0 aromatic heterocycles. The summed E-state index contributed by atoms with van der Waals surface area (Å²) in [7, 11) is 0. The first-order valence-electron chi connectivity index (χ1n) is 2.35. The minimum absolute atomic E-state index is 0.470. The molecule has 3 nitrogen and oxygen atoms in total. The van der Waals surface area contributed by atoms with Crippen LogP contribution in [-0.2, 0) is 9.53 Å². The third kappa shape index (κ3) is 1.18. The summed E-state index contributed by atoms with van der Waals surface area (Å²) >= 11 is 5.06. The highest BCUT2D eigenvalue weighted by molar-refractivity contribution is 6.64. The number of ether oxygens (including phenoxy) is 1. The molecule has 4 heteroatoms. The van der Waals surface area contributed by atoms with E-state index >= 15 is 0 Å². The van der Waals surface area contributed by atoms with Crippen molar-refractivity contribution < 1.29 is 9.53 Å². The molecule has 0 amide bonds. The standard InChI is InChI=1S/C4H6ClNO2/c5-3(7)4-6-1-2-8-4/h4,6H,1-2H2. The fraction of sp³-hybridized carbons (Fsp3) is 0.750.